The van der Waals surface area contributed by atoms with E-state index in [1.54, 1.807) is 14.2 Å². The summed E-state index contributed by atoms with van der Waals surface area (Å²) in [6.07, 6.45) is 2.82. The zero-order valence-electron chi connectivity index (χ0n) is 17.9. The Morgan fingerprint density at radius 3 is 2.57 bits per heavy atom. The van der Waals surface area contributed by atoms with Crippen LogP contribution in [0.1, 0.15) is 41.9 Å². The van der Waals surface area contributed by atoms with Crippen molar-refractivity contribution in [1.82, 2.24) is 20.4 Å². The number of aryl methyl sites for hydroxylation is 3. The number of halogens is 1. The highest BCUT2D eigenvalue weighted by atomic mass is 127. The Morgan fingerprint density at radius 1 is 1.21 bits per heavy atom. The Hall–Kier alpha value is -1.77. The lowest BCUT2D eigenvalue weighted by Crippen LogP contribution is -2.38. The third-order valence-corrected chi connectivity index (χ3v) is 4.86. The lowest BCUT2D eigenvalue weighted by molar-refractivity contribution is 0.411. The van der Waals surface area contributed by atoms with Crippen LogP contribution in [0.25, 0.3) is 0 Å². The highest BCUT2D eigenvalue weighted by Crippen LogP contribution is 2.19. The largest absolute Gasteiger partial charge is 0.496 e. The van der Waals surface area contributed by atoms with Crippen LogP contribution in [-0.4, -0.2) is 36.4 Å². The minimum Gasteiger partial charge on any atom is -0.496 e. The molecule has 0 spiro atoms. The van der Waals surface area contributed by atoms with Crippen LogP contribution in [0.15, 0.2) is 23.2 Å². The van der Waals surface area contributed by atoms with Crippen LogP contribution < -0.4 is 15.4 Å². The van der Waals surface area contributed by atoms with Crippen molar-refractivity contribution in [3.05, 3.63) is 46.3 Å². The van der Waals surface area contributed by atoms with Crippen molar-refractivity contribution in [2.75, 3.05) is 20.7 Å². The summed E-state index contributed by atoms with van der Waals surface area (Å²) in [6, 6.07) is 6.35. The molecule has 0 amide bonds. The van der Waals surface area contributed by atoms with Crippen molar-refractivity contribution in [1.29, 1.82) is 0 Å². The lowest BCUT2D eigenvalue weighted by Gasteiger charge is -2.13. The number of guanidine groups is 1. The van der Waals surface area contributed by atoms with Crippen molar-refractivity contribution in [2.24, 2.45) is 12.0 Å². The van der Waals surface area contributed by atoms with Gasteiger partial charge in [0.25, 0.3) is 0 Å². The van der Waals surface area contributed by atoms with Crippen LogP contribution in [0.2, 0.25) is 0 Å². The van der Waals surface area contributed by atoms with E-state index in [4.69, 9.17) is 4.74 Å². The van der Waals surface area contributed by atoms with E-state index in [1.165, 1.54) is 16.8 Å². The molecule has 7 heteroatoms. The smallest absolute Gasteiger partial charge is 0.191 e. The summed E-state index contributed by atoms with van der Waals surface area (Å²) < 4.78 is 7.40. The first kappa shape index (κ1) is 24.3. The predicted octanol–water partition coefficient (Wildman–Crippen LogP) is 3.39. The summed E-state index contributed by atoms with van der Waals surface area (Å²) in [5, 5.41) is 11.5. The van der Waals surface area contributed by atoms with Gasteiger partial charge >= 0.3 is 0 Å². The maximum Gasteiger partial charge on any atom is 0.191 e. The number of nitrogens with zero attached hydrogens (tertiary/aromatic N) is 3. The lowest BCUT2D eigenvalue weighted by atomic mass is 10.1. The molecule has 0 aliphatic carbocycles. The van der Waals surface area contributed by atoms with Gasteiger partial charge in [0.1, 0.15) is 5.75 Å². The van der Waals surface area contributed by atoms with Crippen molar-refractivity contribution in [3.63, 3.8) is 0 Å². The fourth-order valence-electron chi connectivity index (χ4n) is 3.33. The Balaban J connectivity index is 0.00000392. The van der Waals surface area contributed by atoms with E-state index < -0.39 is 0 Å². The molecule has 2 N–H and O–H groups in total. The molecule has 2 rings (SSSR count). The number of benzene rings is 1. The minimum atomic E-state index is 0. The van der Waals surface area contributed by atoms with Crippen molar-refractivity contribution < 1.29 is 4.74 Å². The monoisotopic (exact) mass is 499 g/mol. The summed E-state index contributed by atoms with van der Waals surface area (Å²) in [5.74, 6) is 1.74. The number of nitrogens with one attached hydrogen (secondary N) is 2. The molecule has 1 heterocycles. The van der Waals surface area contributed by atoms with Crippen molar-refractivity contribution >= 4 is 29.9 Å². The molecule has 0 saturated carbocycles. The normalized spacial score (nSPS) is 11.1. The molecule has 0 aliphatic heterocycles. The Labute approximate surface area is 186 Å². The summed E-state index contributed by atoms with van der Waals surface area (Å²) >= 11 is 0. The molecule has 2 aromatic rings. The molecule has 0 atom stereocenters. The molecule has 0 fully saturated rings. The molecule has 28 heavy (non-hydrogen) atoms. The fourth-order valence-corrected chi connectivity index (χ4v) is 3.33. The standard InChI is InChI=1S/C21H33N5O.HI/c1-7-18-17(19(8-2)26(5)25-18)14-24-21(22-4)23-12-11-16-10-9-15(3)20(13-16)27-6;/h9-10,13H,7-8,11-12,14H2,1-6H3,(H2,22,23,24);1H. The first-order valence-corrected chi connectivity index (χ1v) is 9.65. The number of ether oxygens (including phenoxy) is 1. The molecule has 6 nitrogen and oxygen atoms in total. The third kappa shape index (κ3) is 6.12. The van der Waals surface area contributed by atoms with Gasteiger partial charge in [-0.2, -0.15) is 5.10 Å². The van der Waals surface area contributed by atoms with Gasteiger partial charge in [-0.1, -0.05) is 26.0 Å². The average molecular weight is 499 g/mol. The van der Waals surface area contributed by atoms with Crippen LogP contribution in [-0.2, 0) is 32.9 Å². The van der Waals surface area contributed by atoms with E-state index >= 15 is 0 Å². The zero-order valence-corrected chi connectivity index (χ0v) is 20.3. The van der Waals surface area contributed by atoms with Gasteiger partial charge < -0.3 is 15.4 Å². The molecule has 1 aromatic carbocycles. The molecular formula is C21H34IN5O. The maximum absolute atomic E-state index is 5.40. The van der Waals surface area contributed by atoms with Gasteiger partial charge in [0, 0.05) is 38.4 Å². The van der Waals surface area contributed by atoms with E-state index in [0.717, 1.165) is 55.3 Å². The van der Waals surface area contributed by atoms with Crippen molar-refractivity contribution in [2.45, 2.75) is 46.6 Å². The van der Waals surface area contributed by atoms with Gasteiger partial charge in [0.15, 0.2) is 5.96 Å². The van der Waals surface area contributed by atoms with E-state index in [9.17, 15) is 0 Å². The van der Waals surface area contributed by atoms with Crippen LogP contribution in [0.5, 0.6) is 5.75 Å². The zero-order chi connectivity index (χ0) is 19.8. The average Bonchev–Trinajstić information content (AvgIpc) is 3.00. The highest BCUT2D eigenvalue weighted by Gasteiger charge is 2.13. The molecule has 0 saturated heterocycles. The fraction of sp³-hybridized carbons (Fsp3) is 0.524. The quantitative estimate of drug-likeness (QED) is 0.332. The third-order valence-electron chi connectivity index (χ3n) is 4.86. The topological polar surface area (TPSA) is 63.5 Å². The van der Waals surface area contributed by atoms with Gasteiger partial charge in [0.05, 0.1) is 12.8 Å². The summed E-state index contributed by atoms with van der Waals surface area (Å²) in [7, 11) is 5.53. The van der Waals surface area contributed by atoms with Crippen LogP contribution in [0.4, 0.5) is 0 Å². The van der Waals surface area contributed by atoms with Crippen LogP contribution >= 0.6 is 24.0 Å². The van der Waals surface area contributed by atoms with E-state index in [-0.39, 0.29) is 24.0 Å². The molecule has 0 unspecified atom stereocenters. The first-order valence-electron chi connectivity index (χ1n) is 9.65. The van der Waals surface area contributed by atoms with Gasteiger partial charge in [-0.05, 0) is 43.4 Å². The van der Waals surface area contributed by atoms with E-state index in [0.29, 0.717) is 0 Å². The van der Waals surface area contributed by atoms with Gasteiger partial charge in [0.2, 0.25) is 0 Å². The Bertz CT molecular complexity index is 785. The minimum absolute atomic E-state index is 0. The molecule has 1 aromatic heterocycles. The van der Waals surface area contributed by atoms with Gasteiger partial charge in [-0.3, -0.25) is 9.67 Å². The molecule has 0 radical (unpaired) electrons. The Morgan fingerprint density at radius 2 is 1.96 bits per heavy atom. The number of hydrogen-bond acceptors (Lipinski definition) is 3. The van der Waals surface area contributed by atoms with Gasteiger partial charge in [-0.25, -0.2) is 0 Å². The number of aromatic nitrogens is 2. The summed E-state index contributed by atoms with van der Waals surface area (Å²) in [6.45, 7) is 7.91. The number of hydrogen-bond donors (Lipinski definition) is 2. The molecular weight excluding hydrogens is 465 g/mol. The van der Waals surface area contributed by atoms with Crippen molar-refractivity contribution in [3.8, 4) is 5.75 Å². The molecule has 0 aliphatic rings. The second-order valence-corrected chi connectivity index (χ2v) is 6.61. The predicted molar refractivity (Wildman–Crippen MR) is 127 cm³/mol. The first-order chi connectivity index (χ1) is 13.0. The summed E-state index contributed by atoms with van der Waals surface area (Å²) in [4.78, 5) is 4.34. The second-order valence-electron chi connectivity index (χ2n) is 6.61. The highest BCUT2D eigenvalue weighted by molar-refractivity contribution is 14.0. The van der Waals surface area contributed by atoms with Crippen LogP contribution in [0, 0.1) is 6.92 Å². The van der Waals surface area contributed by atoms with E-state index in [1.807, 2.05) is 11.7 Å². The maximum atomic E-state index is 5.40. The second kappa shape index (κ2) is 11.9. The Kier molecular flexibility index (Phi) is 10.3. The van der Waals surface area contributed by atoms with E-state index in [2.05, 4.69) is 59.7 Å². The number of rotatable bonds is 8. The SMILES string of the molecule is CCc1nn(C)c(CC)c1CNC(=NC)NCCc1ccc(C)c(OC)c1.I. The number of methoxy groups -OCH3 is 1. The summed E-state index contributed by atoms with van der Waals surface area (Å²) in [5.41, 5.74) is 6.12. The molecule has 0 bridgehead atoms. The van der Waals surface area contributed by atoms with Crippen LogP contribution in [0.3, 0.4) is 0 Å². The molecule has 156 valence electrons. The number of aliphatic imine (C=N–C) groups is 1. The van der Waals surface area contributed by atoms with Gasteiger partial charge in [-0.15, -0.1) is 24.0 Å².